The number of rotatable bonds is 1. The number of hydrogen-bond acceptors (Lipinski definition) is 1. The third-order valence-corrected chi connectivity index (χ3v) is 2.84. The number of nitrogens with zero attached hydrogens (tertiary/aromatic N) is 1. The smallest absolute Gasteiger partial charge is 0.0819 e. The minimum atomic E-state index is -1.94. The summed E-state index contributed by atoms with van der Waals surface area (Å²) in [5.41, 5.74) is 0.355. The number of benzene rings is 1. The summed E-state index contributed by atoms with van der Waals surface area (Å²) in [6.45, 7) is -3.87. The fourth-order valence-corrected chi connectivity index (χ4v) is 1.93. The highest BCUT2D eigenvalue weighted by Gasteiger charge is 2.20. The summed E-state index contributed by atoms with van der Waals surface area (Å²) in [6.07, 6.45) is -0.252. The maximum atomic E-state index is 8.18. The van der Waals surface area contributed by atoms with Crippen molar-refractivity contribution in [3.63, 3.8) is 0 Å². The normalized spacial score (nSPS) is 33.7. The average Bonchev–Trinajstić information content (AvgIpc) is 2.85. The summed E-state index contributed by atoms with van der Waals surface area (Å²) in [6, 6.07) is -1.40. The van der Waals surface area contributed by atoms with Crippen molar-refractivity contribution < 1.29 is 12.3 Å². The zero-order chi connectivity index (χ0) is 18.9. The van der Waals surface area contributed by atoms with E-state index in [0.717, 1.165) is 4.90 Å². The van der Waals surface area contributed by atoms with Gasteiger partial charge in [-0.2, -0.15) is 0 Å². The summed E-state index contributed by atoms with van der Waals surface area (Å²) in [5.74, 6) is -0.679. The van der Waals surface area contributed by atoms with Gasteiger partial charge in [0.2, 0.25) is 0 Å². The minimum Gasteiger partial charge on any atom is -0.361 e. The molecule has 2 nitrogen and oxygen atoms in total. The molecule has 16 heavy (non-hydrogen) atoms. The molecule has 2 aromatic rings. The Bertz CT molecular complexity index is 840. The van der Waals surface area contributed by atoms with E-state index in [0.29, 0.717) is 0 Å². The number of H-pyrrole nitrogens is 1. The van der Waals surface area contributed by atoms with Gasteiger partial charge < -0.3 is 9.88 Å². The maximum absolute atomic E-state index is 8.18. The first kappa shape index (κ1) is 4.19. The van der Waals surface area contributed by atoms with Gasteiger partial charge >= 0.3 is 0 Å². The van der Waals surface area contributed by atoms with Crippen molar-refractivity contribution in [3.05, 3.63) is 35.9 Å². The van der Waals surface area contributed by atoms with E-state index in [-0.39, 0.29) is 47.6 Å². The molecular formula is C14H18N2. The Labute approximate surface area is 109 Å². The lowest BCUT2D eigenvalue weighted by atomic mass is 9.89. The molecule has 1 N–H and O–H groups in total. The topological polar surface area (TPSA) is 19.0 Å². The van der Waals surface area contributed by atoms with Gasteiger partial charge in [0.05, 0.1) is 6.85 Å². The molecule has 1 saturated heterocycles. The van der Waals surface area contributed by atoms with Crippen LogP contribution >= 0.6 is 0 Å². The Balaban J connectivity index is 2.25. The van der Waals surface area contributed by atoms with Crippen LogP contribution in [0.5, 0.6) is 0 Å². The SMILES string of the molecule is [2H]c1[nH]c2c([2H])c([2H])c([2H])c([2H])c2c1C1CC([2H])([2H])N(C)C([2H])([2H])C1. The molecule has 0 amide bonds. The third kappa shape index (κ3) is 1.63. The highest BCUT2D eigenvalue weighted by molar-refractivity contribution is 5.83. The van der Waals surface area contributed by atoms with E-state index in [2.05, 4.69) is 4.98 Å². The Hall–Kier alpha value is -1.28. The first-order valence-corrected chi connectivity index (χ1v) is 5.21. The standard InChI is InChI=1S/C14H18N2/c1-16-8-6-11(7-9-16)13-10-15-14-5-3-2-4-12(13)14/h2-5,10-11,15H,6-9H2,1H3/i2D,3D,4D,5D,8D2,9D2,10D. The van der Waals surface area contributed by atoms with E-state index in [1.54, 1.807) is 0 Å². The van der Waals surface area contributed by atoms with Crippen molar-refractivity contribution in [1.29, 1.82) is 0 Å². The molecule has 0 bridgehead atoms. The van der Waals surface area contributed by atoms with E-state index in [9.17, 15) is 0 Å². The van der Waals surface area contributed by atoms with Gasteiger partial charge in [0.25, 0.3) is 0 Å². The fraction of sp³-hybridized carbons (Fsp3) is 0.429. The molecule has 0 saturated carbocycles. The molecule has 0 spiro atoms. The van der Waals surface area contributed by atoms with Gasteiger partial charge in [0, 0.05) is 22.6 Å². The molecule has 0 unspecified atom stereocenters. The van der Waals surface area contributed by atoms with Crippen LogP contribution in [-0.2, 0) is 0 Å². The fourth-order valence-electron chi connectivity index (χ4n) is 1.93. The molecule has 3 rings (SSSR count). The van der Waals surface area contributed by atoms with Crippen LogP contribution in [0.4, 0.5) is 0 Å². The van der Waals surface area contributed by atoms with Crippen LogP contribution in [-0.4, -0.2) is 29.9 Å². The van der Waals surface area contributed by atoms with Crippen LogP contribution in [0.1, 0.15) is 36.7 Å². The number of para-hydroxylation sites is 1. The van der Waals surface area contributed by atoms with Gasteiger partial charge in [-0.3, -0.25) is 0 Å². The molecule has 2 heteroatoms. The Morgan fingerprint density at radius 2 is 2.12 bits per heavy atom. The highest BCUT2D eigenvalue weighted by atomic mass is 15.1. The maximum Gasteiger partial charge on any atom is 0.0819 e. The monoisotopic (exact) mass is 223 g/mol. The van der Waals surface area contributed by atoms with Gasteiger partial charge in [-0.1, -0.05) is 18.1 Å². The number of likely N-dealkylation sites (tertiary alicyclic amines) is 1. The van der Waals surface area contributed by atoms with Crippen molar-refractivity contribution in [3.8, 4) is 0 Å². The van der Waals surface area contributed by atoms with Gasteiger partial charge in [-0.15, -0.1) is 0 Å². The lowest BCUT2D eigenvalue weighted by Gasteiger charge is -2.28. The van der Waals surface area contributed by atoms with Crippen molar-refractivity contribution in [2.45, 2.75) is 18.8 Å². The van der Waals surface area contributed by atoms with E-state index < -0.39 is 31.0 Å². The van der Waals surface area contributed by atoms with E-state index in [4.69, 9.17) is 12.3 Å². The lowest BCUT2D eigenvalue weighted by Crippen LogP contribution is -2.29. The largest absolute Gasteiger partial charge is 0.361 e. The van der Waals surface area contributed by atoms with Crippen LogP contribution in [0, 0.1) is 0 Å². The first-order chi connectivity index (χ1) is 11.4. The highest BCUT2D eigenvalue weighted by Crippen LogP contribution is 2.32. The number of fused-ring (bicyclic) bond motifs is 1. The molecule has 0 aliphatic carbocycles. The number of piperidine rings is 1. The minimum absolute atomic E-state index is 0.0649. The van der Waals surface area contributed by atoms with Gasteiger partial charge in [0.1, 0.15) is 0 Å². The van der Waals surface area contributed by atoms with Crippen molar-refractivity contribution in [2.75, 3.05) is 20.0 Å². The van der Waals surface area contributed by atoms with Gasteiger partial charge in [-0.25, -0.2) is 0 Å². The summed E-state index contributed by atoms with van der Waals surface area (Å²) >= 11 is 0. The number of hydrogen-bond donors (Lipinski definition) is 1. The second kappa shape index (κ2) is 3.95. The van der Waals surface area contributed by atoms with Crippen LogP contribution < -0.4 is 0 Å². The zero-order valence-corrected chi connectivity index (χ0v) is 8.94. The van der Waals surface area contributed by atoms with E-state index in [1.807, 2.05) is 0 Å². The number of aromatic amines is 1. The van der Waals surface area contributed by atoms with Crippen molar-refractivity contribution in [1.82, 2.24) is 9.88 Å². The van der Waals surface area contributed by atoms with Crippen LogP contribution in [0.2, 0.25) is 0 Å². The predicted octanol–water partition coefficient (Wildman–Crippen LogP) is 2.98. The molecular weight excluding hydrogens is 196 g/mol. The lowest BCUT2D eigenvalue weighted by molar-refractivity contribution is 0.256. The molecule has 1 aromatic heterocycles. The van der Waals surface area contributed by atoms with Crippen molar-refractivity contribution in [2.24, 2.45) is 0 Å². The summed E-state index contributed by atoms with van der Waals surface area (Å²) in [5, 5.41) is 0.150. The molecule has 84 valence electrons. The summed E-state index contributed by atoms with van der Waals surface area (Å²) < 4.78 is 72.3. The first-order valence-electron chi connectivity index (χ1n) is 9.71. The molecule has 1 aliphatic rings. The molecule has 1 fully saturated rings. The Morgan fingerprint density at radius 1 is 1.38 bits per heavy atom. The predicted molar refractivity (Wildman–Crippen MR) is 67.8 cm³/mol. The molecule has 1 aliphatic heterocycles. The zero-order valence-electron chi connectivity index (χ0n) is 17.9. The average molecular weight is 223 g/mol. The molecule has 2 heterocycles. The second-order valence-electron chi connectivity index (χ2n) is 3.89. The van der Waals surface area contributed by atoms with Crippen LogP contribution in [0.15, 0.2) is 30.3 Å². The third-order valence-electron chi connectivity index (χ3n) is 2.84. The van der Waals surface area contributed by atoms with Crippen LogP contribution in [0.3, 0.4) is 0 Å². The van der Waals surface area contributed by atoms with E-state index in [1.165, 1.54) is 7.05 Å². The van der Waals surface area contributed by atoms with Crippen LogP contribution in [0.25, 0.3) is 10.9 Å². The van der Waals surface area contributed by atoms with Crippen molar-refractivity contribution >= 4 is 10.9 Å². The number of nitrogens with one attached hydrogen (secondary N) is 1. The van der Waals surface area contributed by atoms with Gasteiger partial charge in [0.15, 0.2) is 0 Å². The summed E-state index contributed by atoms with van der Waals surface area (Å²) in [7, 11) is 1.37. The second-order valence-corrected chi connectivity index (χ2v) is 3.89. The Morgan fingerprint density at radius 3 is 2.94 bits per heavy atom. The quantitative estimate of drug-likeness (QED) is 0.787. The number of aromatic nitrogens is 1. The summed E-state index contributed by atoms with van der Waals surface area (Å²) in [4.78, 5) is 3.70. The van der Waals surface area contributed by atoms with Gasteiger partial charge in [-0.05, 0) is 50.4 Å². The molecule has 0 atom stereocenters. The Kier molecular flexibility index (Phi) is 1.03. The molecule has 1 aromatic carbocycles. The van der Waals surface area contributed by atoms with E-state index >= 15 is 0 Å². The molecule has 0 radical (unpaired) electrons.